The third-order valence-electron chi connectivity index (χ3n) is 5.49. The minimum Gasteiger partial charge on any atom is -0.370 e. The van der Waals surface area contributed by atoms with Crippen LogP contribution < -0.4 is 5.73 Å². The minimum atomic E-state index is 0.539. The van der Waals surface area contributed by atoms with E-state index in [2.05, 4.69) is 11.8 Å². The Hall–Kier alpha value is -0.730. The van der Waals surface area contributed by atoms with E-state index in [4.69, 9.17) is 10.7 Å². The van der Waals surface area contributed by atoms with Crippen molar-refractivity contribution in [2.75, 3.05) is 13.1 Å². The summed E-state index contributed by atoms with van der Waals surface area (Å²) in [6.45, 7) is 4.54. The highest BCUT2D eigenvalue weighted by Gasteiger charge is 2.48. The molecule has 102 valence electrons. The van der Waals surface area contributed by atoms with E-state index in [9.17, 15) is 0 Å². The third kappa shape index (κ3) is 2.12. The number of nitrogens with zero attached hydrogens (tertiary/aromatic N) is 2. The second-order valence-electron chi connectivity index (χ2n) is 6.80. The summed E-state index contributed by atoms with van der Waals surface area (Å²) in [6, 6.07) is 0.539. The topological polar surface area (TPSA) is 41.6 Å². The molecule has 3 aliphatic rings. The summed E-state index contributed by atoms with van der Waals surface area (Å²) in [5.41, 5.74) is 6.81. The molecular formula is C15H27N3. The van der Waals surface area contributed by atoms with E-state index in [1.54, 1.807) is 0 Å². The summed E-state index contributed by atoms with van der Waals surface area (Å²) in [5.74, 6) is 1.60. The van der Waals surface area contributed by atoms with E-state index < -0.39 is 0 Å². The van der Waals surface area contributed by atoms with Gasteiger partial charge in [-0.3, -0.25) is 0 Å². The van der Waals surface area contributed by atoms with Crippen LogP contribution in [0.3, 0.4) is 0 Å². The van der Waals surface area contributed by atoms with Gasteiger partial charge < -0.3 is 10.6 Å². The zero-order valence-electron chi connectivity index (χ0n) is 11.7. The van der Waals surface area contributed by atoms with Crippen LogP contribution in [0.5, 0.6) is 0 Å². The molecule has 0 bridgehead atoms. The van der Waals surface area contributed by atoms with Crippen LogP contribution in [0.1, 0.15) is 58.3 Å². The molecule has 0 aromatic rings. The zero-order chi connectivity index (χ0) is 12.6. The molecular weight excluding hydrogens is 222 g/mol. The normalized spacial score (nSPS) is 35.8. The van der Waals surface area contributed by atoms with Gasteiger partial charge in [0.15, 0.2) is 5.96 Å². The fourth-order valence-corrected chi connectivity index (χ4v) is 4.18. The van der Waals surface area contributed by atoms with Gasteiger partial charge in [0.2, 0.25) is 0 Å². The van der Waals surface area contributed by atoms with Crippen LogP contribution in [0.25, 0.3) is 0 Å². The van der Waals surface area contributed by atoms with E-state index in [-0.39, 0.29) is 0 Å². The van der Waals surface area contributed by atoms with E-state index in [1.165, 1.54) is 51.4 Å². The highest BCUT2D eigenvalue weighted by molar-refractivity contribution is 5.78. The lowest BCUT2D eigenvalue weighted by Gasteiger charge is -2.45. The van der Waals surface area contributed by atoms with Crippen molar-refractivity contribution in [3.63, 3.8) is 0 Å². The average molecular weight is 249 g/mol. The lowest BCUT2D eigenvalue weighted by atomic mass is 9.63. The van der Waals surface area contributed by atoms with Crippen molar-refractivity contribution < 1.29 is 0 Å². The van der Waals surface area contributed by atoms with Gasteiger partial charge in [-0.2, -0.15) is 0 Å². The van der Waals surface area contributed by atoms with Crippen molar-refractivity contribution >= 4 is 5.96 Å². The molecule has 3 fully saturated rings. The number of hydrogen-bond acceptors (Lipinski definition) is 1. The maximum absolute atomic E-state index is 6.25. The van der Waals surface area contributed by atoms with Gasteiger partial charge in [0.05, 0.1) is 6.04 Å². The van der Waals surface area contributed by atoms with Gasteiger partial charge in [-0.15, -0.1) is 0 Å². The predicted molar refractivity (Wildman–Crippen MR) is 75.5 cm³/mol. The maximum Gasteiger partial charge on any atom is 0.191 e. The molecule has 2 saturated carbocycles. The number of piperidine rings is 1. The van der Waals surface area contributed by atoms with E-state index in [1.807, 2.05) is 0 Å². The lowest BCUT2D eigenvalue weighted by molar-refractivity contribution is 0.102. The van der Waals surface area contributed by atoms with Crippen molar-refractivity contribution in [2.45, 2.75) is 64.3 Å². The number of aliphatic imine (C=N–C) groups is 1. The van der Waals surface area contributed by atoms with Crippen LogP contribution in [0.4, 0.5) is 0 Å². The molecule has 1 heterocycles. The summed E-state index contributed by atoms with van der Waals surface area (Å²) < 4.78 is 0. The highest BCUT2D eigenvalue weighted by atomic mass is 15.3. The predicted octanol–water partition coefficient (Wildman–Crippen LogP) is 2.76. The smallest absolute Gasteiger partial charge is 0.191 e. The first kappa shape index (κ1) is 12.3. The molecule has 3 heteroatoms. The molecule has 2 atom stereocenters. The molecule has 2 aliphatic carbocycles. The van der Waals surface area contributed by atoms with Crippen molar-refractivity contribution in [1.29, 1.82) is 0 Å². The lowest BCUT2D eigenvalue weighted by Crippen LogP contribution is -2.47. The van der Waals surface area contributed by atoms with Crippen molar-refractivity contribution in [2.24, 2.45) is 22.1 Å². The van der Waals surface area contributed by atoms with E-state index >= 15 is 0 Å². The fraction of sp³-hybridized carbons (Fsp3) is 0.933. The first-order valence-electron chi connectivity index (χ1n) is 7.78. The Morgan fingerprint density at radius 1 is 1.17 bits per heavy atom. The number of hydrogen-bond donors (Lipinski definition) is 1. The standard InChI is InChI=1S/C15H27N3/c1-12-5-4-10-18(11-12)14(16)17-13-6-9-15(13)7-2-3-8-15/h12-13H,2-11H2,1H3,(H2,16,17). The van der Waals surface area contributed by atoms with Crippen LogP contribution in [-0.4, -0.2) is 30.0 Å². The molecule has 0 amide bonds. The Balaban J connectivity index is 1.64. The zero-order valence-corrected chi connectivity index (χ0v) is 11.7. The number of rotatable bonds is 1. The van der Waals surface area contributed by atoms with Crippen molar-refractivity contribution in [3.8, 4) is 0 Å². The summed E-state index contributed by atoms with van der Waals surface area (Å²) in [4.78, 5) is 7.21. The molecule has 18 heavy (non-hydrogen) atoms. The van der Waals surface area contributed by atoms with Crippen molar-refractivity contribution in [3.05, 3.63) is 0 Å². The summed E-state index contributed by atoms with van der Waals surface area (Å²) in [5, 5.41) is 0. The molecule has 3 rings (SSSR count). The Labute approximate surface area is 111 Å². The molecule has 1 spiro atoms. The minimum absolute atomic E-state index is 0.539. The average Bonchev–Trinajstić information content (AvgIpc) is 2.86. The van der Waals surface area contributed by atoms with E-state index in [0.717, 1.165) is 25.0 Å². The number of guanidine groups is 1. The summed E-state index contributed by atoms with van der Waals surface area (Å²) >= 11 is 0. The van der Waals surface area contributed by atoms with Gasteiger partial charge in [0.1, 0.15) is 0 Å². The molecule has 2 N–H and O–H groups in total. The molecule has 0 aromatic carbocycles. The molecule has 3 nitrogen and oxygen atoms in total. The first-order valence-corrected chi connectivity index (χ1v) is 7.78. The summed E-state index contributed by atoms with van der Waals surface area (Å²) in [6.07, 6.45) is 10.9. The largest absolute Gasteiger partial charge is 0.370 e. The Bertz CT molecular complexity index is 331. The van der Waals surface area contributed by atoms with E-state index in [0.29, 0.717) is 11.5 Å². The molecule has 2 unspecified atom stereocenters. The Kier molecular flexibility index (Phi) is 3.25. The van der Waals surface area contributed by atoms with Crippen LogP contribution in [0, 0.1) is 11.3 Å². The monoisotopic (exact) mass is 249 g/mol. The second kappa shape index (κ2) is 4.75. The van der Waals surface area contributed by atoms with Gasteiger partial charge in [0, 0.05) is 13.1 Å². The van der Waals surface area contributed by atoms with Crippen molar-refractivity contribution in [1.82, 2.24) is 4.90 Å². The quantitative estimate of drug-likeness (QED) is 0.573. The van der Waals surface area contributed by atoms with Crippen LogP contribution in [-0.2, 0) is 0 Å². The maximum atomic E-state index is 6.25. The second-order valence-corrected chi connectivity index (χ2v) is 6.80. The molecule has 0 radical (unpaired) electrons. The van der Waals surface area contributed by atoms with Gasteiger partial charge in [-0.1, -0.05) is 19.8 Å². The Morgan fingerprint density at radius 3 is 2.56 bits per heavy atom. The van der Waals surface area contributed by atoms with Crippen LogP contribution in [0.15, 0.2) is 4.99 Å². The van der Waals surface area contributed by atoms with Crippen LogP contribution in [0.2, 0.25) is 0 Å². The van der Waals surface area contributed by atoms with Gasteiger partial charge in [-0.05, 0) is 49.9 Å². The molecule has 1 aliphatic heterocycles. The Morgan fingerprint density at radius 2 is 1.94 bits per heavy atom. The first-order chi connectivity index (χ1) is 8.70. The number of nitrogens with two attached hydrogens (primary N) is 1. The van der Waals surface area contributed by atoms with Gasteiger partial charge in [0.25, 0.3) is 0 Å². The third-order valence-corrected chi connectivity index (χ3v) is 5.49. The fourth-order valence-electron chi connectivity index (χ4n) is 4.18. The molecule has 0 aromatic heterocycles. The number of likely N-dealkylation sites (tertiary alicyclic amines) is 1. The van der Waals surface area contributed by atoms with Gasteiger partial charge >= 0.3 is 0 Å². The van der Waals surface area contributed by atoms with Gasteiger partial charge in [-0.25, -0.2) is 4.99 Å². The SMILES string of the molecule is CC1CCCN(C(N)=NC2CCC23CCCC3)C1. The highest BCUT2D eigenvalue weighted by Crippen LogP contribution is 2.54. The molecule has 1 saturated heterocycles. The summed E-state index contributed by atoms with van der Waals surface area (Å²) in [7, 11) is 0. The van der Waals surface area contributed by atoms with Crippen LogP contribution >= 0.6 is 0 Å².